The number of aromatic nitrogens is 1. The molecule has 212 valence electrons. The molecule has 1 saturated heterocycles. The average molecular weight is 593 g/mol. The van der Waals surface area contributed by atoms with E-state index in [0.29, 0.717) is 56.2 Å². The van der Waals surface area contributed by atoms with Gasteiger partial charge in [-0.15, -0.1) is 11.8 Å². The van der Waals surface area contributed by atoms with Crippen LogP contribution in [0, 0.1) is 0 Å². The van der Waals surface area contributed by atoms with Gasteiger partial charge in [0.1, 0.15) is 10.6 Å². The third-order valence-corrected chi connectivity index (χ3v) is 10.8. The number of nitrogens with one attached hydrogen (secondary N) is 1. The monoisotopic (exact) mass is 592 g/mol. The molecule has 1 N–H and O–H groups in total. The third-order valence-electron chi connectivity index (χ3n) is 6.64. The highest BCUT2D eigenvalue weighted by Crippen LogP contribution is 2.38. The zero-order valence-electron chi connectivity index (χ0n) is 22.6. The molecule has 1 aliphatic rings. The molecule has 1 aliphatic heterocycles. The van der Waals surface area contributed by atoms with E-state index in [2.05, 4.69) is 16.6 Å². The van der Waals surface area contributed by atoms with Crippen molar-refractivity contribution in [2.45, 2.75) is 47.8 Å². The molecule has 2 aromatic carbocycles. The largest absolute Gasteiger partial charge is 0.494 e. The molecule has 0 saturated carbocycles. The summed E-state index contributed by atoms with van der Waals surface area (Å²) in [5.41, 5.74) is 1.24. The normalized spacial score (nSPS) is 15.4. The smallest absolute Gasteiger partial charge is 0.279 e. The Labute approximate surface area is 236 Å². The van der Waals surface area contributed by atoms with E-state index in [-0.39, 0.29) is 16.3 Å². The first-order valence-corrected chi connectivity index (χ1v) is 17.3. The number of thioether (sulfide) groups is 1. The summed E-state index contributed by atoms with van der Waals surface area (Å²) in [6.45, 7) is 6.16. The van der Waals surface area contributed by atoms with Crippen LogP contribution in [0.15, 0.2) is 63.3 Å². The van der Waals surface area contributed by atoms with Gasteiger partial charge in [0, 0.05) is 49.2 Å². The van der Waals surface area contributed by atoms with Crippen molar-refractivity contribution in [1.82, 2.24) is 14.0 Å². The third kappa shape index (κ3) is 6.68. The molecule has 0 spiro atoms. The summed E-state index contributed by atoms with van der Waals surface area (Å²) in [5, 5.41) is 0.727. The average Bonchev–Trinajstić information content (AvgIpc) is 3.19. The van der Waals surface area contributed by atoms with Gasteiger partial charge < -0.3 is 9.64 Å². The van der Waals surface area contributed by atoms with Gasteiger partial charge in [-0.25, -0.2) is 13.1 Å². The van der Waals surface area contributed by atoms with Crippen LogP contribution in [-0.2, 0) is 20.0 Å². The first-order valence-electron chi connectivity index (χ1n) is 13.2. The summed E-state index contributed by atoms with van der Waals surface area (Å²) in [6.07, 6.45) is 5.88. The second kappa shape index (κ2) is 12.9. The Balaban J connectivity index is 1.77. The molecule has 39 heavy (non-hydrogen) atoms. The Bertz CT molecular complexity index is 1500. The lowest BCUT2D eigenvalue weighted by Gasteiger charge is -2.27. The van der Waals surface area contributed by atoms with Gasteiger partial charge in [0.05, 0.1) is 22.7 Å². The van der Waals surface area contributed by atoms with E-state index >= 15 is 0 Å². The van der Waals surface area contributed by atoms with Crippen molar-refractivity contribution < 1.29 is 21.6 Å². The van der Waals surface area contributed by atoms with Gasteiger partial charge >= 0.3 is 0 Å². The van der Waals surface area contributed by atoms with Gasteiger partial charge in [-0.3, -0.25) is 4.98 Å². The van der Waals surface area contributed by atoms with E-state index in [0.717, 1.165) is 23.1 Å². The summed E-state index contributed by atoms with van der Waals surface area (Å²) in [4.78, 5) is 7.75. The van der Waals surface area contributed by atoms with Gasteiger partial charge in [-0.05, 0) is 61.6 Å². The van der Waals surface area contributed by atoms with E-state index in [1.165, 1.54) is 10.5 Å². The maximum absolute atomic E-state index is 14.0. The fourth-order valence-corrected chi connectivity index (χ4v) is 7.71. The fraction of sp³-hybridized carbons (Fsp3) is 0.444. The molecule has 3 aromatic rings. The van der Waals surface area contributed by atoms with Gasteiger partial charge in [0.25, 0.3) is 10.2 Å². The SMILES string of the molecule is CCCCOc1ccc(S(=O)(=O)c2cnc3ccc(SC)cc3c2N2CCCN(S(=O)(=O)NCC)CC2)cc1. The van der Waals surface area contributed by atoms with Gasteiger partial charge in [-0.1, -0.05) is 20.3 Å². The van der Waals surface area contributed by atoms with Crippen molar-refractivity contribution in [1.29, 1.82) is 0 Å². The topological polar surface area (TPSA) is 109 Å². The number of anilines is 1. The second-order valence-electron chi connectivity index (χ2n) is 9.27. The molecule has 2 heterocycles. The van der Waals surface area contributed by atoms with E-state index < -0.39 is 20.0 Å². The highest BCUT2D eigenvalue weighted by molar-refractivity contribution is 7.98. The van der Waals surface area contributed by atoms with Gasteiger partial charge in [0.15, 0.2) is 0 Å². The number of rotatable bonds is 11. The quantitative estimate of drug-likeness (QED) is 0.259. The summed E-state index contributed by atoms with van der Waals surface area (Å²) in [5.74, 6) is 0.623. The number of hydrogen-bond donors (Lipinski definition) is 1. The molecule has 0 amide bonds. The Hall–Kier alpha value is -2.38. The minimum Gasteiger partial charge on any atom is -0.494 e. The van der Waals surface area contributed by atoms with Crippen LogP contribution in [0.3, 0.4) is 0 Å². The molecule has 0 bridgehead atoms. The molecule has 0 aliphatic carbocycles. The van der Waals surface area contributed by atoms with Crippen molar-refractivity contribution in [3.05, 3.63) is 48.7 Å². The summed E-state index contributed by atoms with van der Waals surface area (Å²) in [7, 11) is -7.54. The number of ether oxygens (including phenoxy) is 1. The molecule has 0 radical (unpaired) electrons. The van der Waals surface area contributed by atoms with Gasteiger partial charge in [0.2, 0.25) is 9.84 Å². The van der Waals surface area contributed by atoms with Crippen molar-refractivity contribution in [2.24, 2.45) is 0 Å². The Morgan fingerprint density at radius 3 is 2.46 bits per heavy atom. The second-order valence-corrected chi connectivity index (χ2v) is 13.8. The lowest BCUT2D eigenvalue weighted by atomic mass is 10.1. The van der Waals surface area contributed by atoms with Crippen LogP contribution in [0.1, 0.15) is 33.1 Å². The molecule has 0 atom stereocenters. The molecule has 12 heteroatoms. The highest BCUT2D eigenvalue weighted by Gasteiger charge is 2.30. The fourth-order valence-electron chi connectivity index (χ4n) is 4.60. The molecular weight excluding hydrogens is 557 g/mol. The number of unbranched alkanes of at least 4 members (excludes halogenated alkanes) is 1. The predicted molar refractivity (Wildman–Crippen MR) is 157 cm³/mol. The molecule has 1 aromatic heterocycles. The summed E-state index contributed by atoms with van der Waals surface area (Å²) >= 11 is 1.57. The number of fused-ring (bicyclic) bond motifs is 1. The van der Waals surface area contributed by atoms with E-state index in [1.54, 1.807) is 43.0 Å². The first-order chi connectivity index (χ1) is 18.7. The van der Waals surface area contributed by atoms with Gasteiger partial charge in [-0.2, -0.15) is 12.7 Å². The van der Waals surface area contributed by atoms with Crippen molar-refractivity contribution in [3.8, 4) is 5.75 Å². The Morgan fingerprint density at radius 1 is 1.00 bits per heavy atom. The number of hydrogen-bond acceptors (Lipinski definition) is 8. The van der Waals surface area contributed by atoms with Crippen LogP contribution in [0.25, 0.3) is 10.9 Å². The number of nitrogens with zero attached hydrogens (tertiary/aromatic N) is 3. The van der Waals surface area contributed by atoms with E-state index in [9.17, 15) is 16.8 Å². The van der Waals surface area contributed by atoms with E-state index in [4.69, 9.17) is 4.74 Å². The minimum atomic E-state index is -3.95. The lowest BCUT2D eigenvalue weighted by molar-refractivity contribution is 0.309. The summed E-state index contributed by atoms with van der Waals surface area (Å²) < 4.78 is 63.1. The molecule has 1 fully saturated rings. The van der Waals surface area contributed by atoms with Crippen LogP contribution < -0.4 is 14.4 Å². The summed E-state index contributed by atoms with van der Waals surface area (Å²) in [6, 6.07) is 12.3. The molecule has 4 rings (SSSR count). The van der Waals surface area contributed by atoms with Crippen LogP contribution >= 0.6 is 11.8 Å². The zero-order chi connectivity index (χ0) is 28.0. The maximum atomic E-state index is 14.0. The van der Waals surface area contributed by atoms with Crippen LogP contribution in [-0.4, -0.2) is 71.7 Å². The first kappa shape index (κ1) is 29.6. The Kier molecular flexibility index (Phi) is 9.76. The minimum absolute atomic E-state index is 0.107. The van der Waals surface area contributed by atoms with Crippen molar-refractivity contribution >= 4 is 48.4 Å². The molecule has 0 unspecified atom stereocenters. The van der Waals surface area contributed by atoms with E-state index in [1.807, 2.05) is 29.4 Å². The number of benzene rings is 2. The Morgan fingerprint density at radius 2 is 1.77 bits per heavy atom. The lowest BCUT2D eigenvalue weighted by Crippen LogP contribution is -2.42. The maximum Gasteiger partial charge on any atom is 0.279 e. The van der Waals surface area contributed by atoms with Crippen LogP contribution in [0.2, 0.25) is 0 Å². The van der Waals surface area contributed by atoms with Crippen molar-refractivity contribution in [2.75, 3.05) is 50.5 Å². The number of sulfone groups is 1. The molecular formula is C27H36N4O5S3. The molecule has 9 nitrogen and oxygen atoms in total. The zero-order valence-corrected chi connectivity index (χ0v) is 25.0. The standard InChI is InChI=1S/C27H36N4O5S3/c1-4-6-18-36-21-8-11-23(12-9-21)38(32,33)26-20-28-25-13-10-22(37-3)19-24(25)27(26)30-14-7-15-31(17-16-30)39(34,35)29-5-2/h8-13,19-20,29H,4-7,14-18H2,1-3H3. The predicted octanol–water partition coefficient (Wildman–Crippen LogP) is 4.33. The van der Waals surface area contributed by atoms with Crippen LogP contribution in [0.4, 0.5) is 5.69 Å². The van der Waals surface area contributed by atoms with Crippen molar-refractivity contribution in [3.63, 3.8) is 0 Å². The highest BCUT2D eigenvalue weighted by atomic mass is 32.2. The van der Waals surface area contributed by atoms with Crippen LogP contribution in [0.5, 0.6) is 5.75 Å². The number of pyridine rings is 1.